The standard InChI is InChI=1S/C18H22N2O5S/c1-6-18(15(22)23)10-26-14(20-18)13-12(21)7-11(8-19-13)25-17(4,5)9-16(2,3)24/h1,7-8,21,24H,9-10H2,2-5H3,(H,22,23). The fraction of sp³-hybridized carbons (Fsp3) is 0.500. The Labute approximate surface area is 156 Å². The number of aromatic nitrogens is 1. The van der Waals surface area contributed by atoms with Gasteiger partial charge >= 0.3 is 5.97 Å². The van der Waals surface area contributed by atoms with Crippen molar-refractivity contribution in [1.82, 2.24) is 4.98 Å². The van der Waals surface area contributed by atoms with Gasteiger partial charge in [-0.2, -0.15) is 0 Å². The second kappa shape index (κ2) is 6.82. The minimum Gasteiger partial charge on any atom is -0.505 e. The molecule has 3 N–H and O–H groups in total. The van der Waals surface area contributed by atoms with Crippen LogP contribution in [-0.2, 0) is 4.79 Å². The van der Waals surface area contributed by atoms with Crippen LogP contribution >= 0.6 is 11.8 Å². The Bertz CT molecular complexity index is 792. The van der Waals surface area contributed by atoms with Gasteiger partial charge in [-0.05, 0) is 27.7 Å². The van der Waals surface area contributed by atoms with Gasteiger partial charge in [0.05, 0.1) is 11.8 Å². The second-order valence-corrected chi connectivity index (χ2v) is 8.37. The van der Waals surface area contributed by atoms with Crippen molar-refractivity contribution in [2.24, 2.45) is 4.99 Å². The normalized spacial score (nSPS) is 20.4. The van der Waals surface area contributed by atoms with E-state index in [1.807, 2.05) is 13.8 Å². The highest BCUT2D eigenvalue weighted by atomic mass is 32.2. The summed E-state index contributed by atoms with van der Waals surface area (Å²) in [5, 5.41) is 29.8. The molecule has 8 heteroatoms. The molecule has 1 aromatic rings. The lowest BCUT2D eigenvalue weighted by Crippen LogP contribution is -2.37. The molecule has 140 valence electrons. The number of hydrogen-bond donors (Lipinski definition) is 3. The summed E-state index contributed by atoms with van der Waals surface area (Å²) in [6.07, 6.45) is 7.10. The molecule has 2 heterocycles. The Morgan fingerprint density at radius 3 is 2.58 bits per heavy atom. The number of nitrogens with zero attached hydrogens (tertiary/aromatic N) is 2. The molecule has 1 unspecified atom stereocenters. The van der Waals surface area contributed by atoms with E-state index in [4.69, 9.17) is 11.2 Å². The molecular formula is C18H22N2O5S. The second-order valence-electron chi connectivity index (χ2n) is 7.41. The van der Waals surface area contributed by atoms with E-state index >= 15 is 0 Å². The Balaban J connectivity index is 2.25. The van der Waals surface area contributed by atoms with E-state index in [9.17, 15) is 20.1 Å². The van der Waals surface area contributed by atoms with Gasteiger partial charge in [0.15, 0.2) is 0 Å². The monoisotopic (exact) mass is 378 g/mol. The lowest BCUT2D eigenvalue weighted by Gasteiger charge is -2.32. The molecule has 0 amide bonds. The summed E-state index contributed by atoms with van der Waals surface area (Å²) in [7, 11) is 0. The molecule has 0 spiro atoms. The third-order valence-electron chi connectivity index (χ3n) is 3.60. The largest absolute Gasteiger partial charge is 0.505 e. The highest BCUT2D eigenvalue weighted by Crippen LogP contribution is 2.35. The van der Waals surface area contributed by atoms with Crippen LogP contribution in [0.3, 0.4) is 0 Å². The molecule has 1 aliphatic rings. The molecular weight excluding hydrogens is 356 g/mol. The average Bonchev–Trinajstić information content (AvgIpc) is 2.89. The van der Waals surface area contributed by atoms with Crippen LogP contribution in [0, 0.1) is 12.3 Å². The van der Waals surface area contributed by atoms with Gasteiger partial charge in [-0.1, -0.05) is 5.92 Å². The SMILES string of the molecule is C#CC1(C(=O)O)CSC(c2ncc(OC(C)(C)CC(C)(C)O)cc2O)=N1. The van der Waals surface area contributed by atoms with Crippen LogP contribution in [0.2, 0.25) is 0 Å². The van der Waals surface area contributed by atoms with Crippen molar-refractivity contribution in [3.05, 3.63) is 18.0 Å². The number of rotatable bonds is 6. The Hall–Kier alpha value is -2.24. The third kappa shape index (κ3) is 4.48. The lowest BCUT2D eigenvalue weighted by atomic mass is 9.92. The molecule has 0 bridgehead atoms. The number of aliphatic carboxylic acids is 1. The number of hydrogen-bond acceptors (Lipinski definition) is 7. The van der Waals surface area contributed by atoms with Gasteiger partial charge in [0, 0.05) is 18.2 Å². The van der Waals surface area contributed by atoms with Crippen LogP contribution in [0.5, 0.6) is 11.5 Å². The van der Waals surface area contributed by atoms with E-state index in [2.05, 4.69) is 15.9 Å². The number of pyridine rings is 1. The molecule has 1 atom stereocenters. The van der Waals surface area contributed by atoms with Crippen LogP contribution in [0.4, 0.5) is 0 Å². The summed E-state index contributed by atoms with van der Waals surface area (Å²) in [4.78, 5) is 19.6. The number of aliphatic imine (C=N–C) groups is 1. The molecule has 0 saturated heterocycles. The molecule has 0 fully saturated rings. The number of terminal acetylenes is 1. The number of ether oxygens (including phenoxy) is 1. The van der Waals surface area contributed by atoms with E-state index in [1.165, 1.54) is 12.3 Å². The van der Waals surface area contributed by atoms with Gasteiger partial charge in [0.1, 0.15) is 27.8 Å². The number of aromatic hydroxyl groups is 1. The topological polar surface area (TPSA) is 112 Å². The Kier molecular flexibility index (Phi) is 5.26. The van der Waals surface area contributed by atoms with E-state index in [1.54, 1.807) is 13.8 Å². The number of thioether (sulfide) groups is 1. The molecule has 1 aliphatic heterocycles. The number of carboxylic acid groups (broad SMARTS) is 1. The summed E-state index contributed by atoms with van der Waals surface area (Å²) >= 11 is 1.13. The molecule has 26 heavy (non-hydrogen) atoms. The van der Waals surface area contributed by atoms with Gasteiger partial charge in [-0.3, -0.25) is 0 Å². The summed E-state index contributed by atoms with van der Waals surface area (Å²) in [6.45, 7) is 7.01. The predicted molar refractivity (Wildman–Crippen MR) is 99.7 cm³/mol. The smallest absolute Gasteiger partial charge is 0.345 e. The molecule has 0 saturated carbocycles. The van der Waals surface area contributed by atoms with Crippen molar-refractivity contribution in [2.75, 3.05) is 5.75 Å². The maximum absolute atomic E-state index is 11.4. The molecule has 0 radical (unpaired) electrons. The minimum atomic E-state index is -1.64. The van der Waals surface area contributed by atoms with Crippen molar-refractivity contribution in [1.29, 1.82) is 0 Å². The van der Waals surface area contributed by atoms with Crippen LogP contribution < -0.4 is 4.74 Å². The third-order valence-corrected chi connectivity index (χ3v) is 4.72. The van der Waals surface area contributed by atoms with Crippen molar-refractivity contribution in [3.8, 4) is 23.8 Å². The van der Waals surface area contributed by atoms with Crippen molar-refractivity contribution in [2.45, 2.75) is 50.9 Å². The zero-order chi connectivity index (χ0) is 19.8. The minimum absolute atomic E-state index is 0.0755. The fourth-order valence-electron chi connectivity index (χ4n) is 2.83. The first kappa shape index (κ1) is 20.1. The van der Waals surface area contributed by atoms with Gasteiger partial charge in [0.2, 0.25) is 5.54 Å². The summed E-state index contributed by atoms with van der Waals surface area (Å²) < 4.78 is 5.82. The Morgan fingerprint density at radius 1 is 1.46 bits per heavy atom. The summed E-state index contributed by atoms with van der Waals surface area (Å²) in [5.41, 5.74) is -3.09. The first-order valence-electron chi connectivity index (χ1n) is 7.92. The molecule has 7 nitrogen and oxygen atoms in total. The van der Waals surface area contributed by atoms with Crippen molar-refractivity contribution < 1.29 is 24.9 Å². The first-order chi connectivity index (χ1) is 11.9. The Morgan fingerprint density at radius 2 is 2.12 bits per heavy atom. The number of carbonyl (C=O) groups is 1. The molecule has 0 aromatic carbocycles. The summed E-state index contributed by atoms with van der Waals surface area (Å²) in [6, 6.07) is 1.38. The van der Waals surface area contributed by atoms with E-state index in [-0.39, 0.29) is 22.2 Å². The average molecular weight is 378 g/mol. The molecule has 0 aliphatic carbocycles. The first-order valence-corrected chi connectivity index (χ1v) is 8.91. The van der Waals surface area contributed by atoms with Gasteiger partial charge in [-0.25, -0.2) is 14.8 Å². The highest BCUT2D eigenvalue weighted by Gasteiger charge is 2.42. The quantitative estimate of drug-likeness (QED) is 0.650. The van der Waals surface area contributed by atoms with E-state index in [0.29, 0.717) is 12.2 Å². The zero-order valence-electron chi connectivity index (χ0n) is 15.1. The summed E-state index contributed by atoms with van der Waals surface area (Å²) in [5.74, 6) is 1.19. The zero-order valence-corrected chi connectivity index (χ0v) is 15.9. The van der Waals surface area contributed by atoms with Crippen LogP contribution in [0.15, 0.2) is 17.3 Å². The molecule has 1 aromatic heterocycles. The van der Waals surface area contributed by atoms with E-state index < -0.39 is 22.7 Å². The number of carboxylic acids is 1. The van der Waals surface area contributed by atoms with Gasteiger partial charge in [-0.15, -0.1) is 18.2 Å². The van der Waals surface area contributed by atoms with Crippen LogP contribution in [0.25, 0.3) is 0 Å². The van der Waals surface area contributed by atoms with E-state index in [0.717, 1.165) is 11.8 Å². The lowest BCUT2D eigenvalue weighted by molar-refractivity contribution is -0.140. The fourth-order valence-corrected chi connectivity index (χ4v) is 3.96. The van der Waals surface area contributed by atoms with Gasteiger partial charge in [0.25, 0.3) is 0 Å². The van der Waals surface area contributed by atoms with Crippen LogP contribution in [0.1, 0.15) is 39.8 Å². The molecule has 2 rings (SSSR count). The predicted octanol–water partition coefficient (Wildman–Crippen LogP) is 2.06. The van der Waals surface area contributed by atoms with Crippen molar-refractivity contribution in [3.63, 3.8) is 0 Å². The maximum atomic E-state index is 11.4. The van der Waals surface area contributed by atoms with Gasteiger partial charge < -0.3 is 20.1 Å². The maximum Gasteiger partial charge on any atom is 0.345 e. The number of aliphatic hydroxyl groups is 1. The van der Waals surface area contributed by atoms with Crippen molar-refractivity contribution >= 4 is 22.8 Å². The highest BCUT2D eigenvalue weighted by molar-refractivity contribution is 8.14. The van der Waals surface area contributed by atoms with Crippen LogP contribution in [-0.4, -0.2) is 53.8 Å².